The third-order valence-corrected chi connectivity index (χ3v) is 4.21. The molecule has 0 radical (unpaired) electrons. The number of aromatic nitrogens is 2. The number of rotatable bonds is 3. The second-order valence-corrected chi connectivity index (χ2v) is 6.38. The Hall–Kier alpha value is -1.66. The van der Waals surface area contributed by atoms with Gasteiger partial charge in [0.25, 0.3) is 0 Å². The van der Waals surface area contributed by atoms with Crippen LogP contribution in [0.2, 0.25) is 0 Å². The van der Waals surface area contributed by atoms with Gasteiger partial charge in [-0.3, -0.25) is 0 Å². The Morgan fingerprint density at radius 2 is 1.95 bits per heavy atom. The maximum absolute atomic E-state index is 5.90. The van der Waals surface area contributed by atoms with Gasteiger partial charge in [0.15, 0.2) is 0 Å². The number of hydrogen-bond donors (Lipinski definition) is 1. The zero-order valence-corrected chi connectivity index (χ0v) is 13.4. The highest BCUT2D eigenvalue weighted by Gasteiger charge is 2.12. The number of hydrogen-bond acceptors (Lipinski definition) is 5. The van der Waals surface area contributed by atoms with Crippen LogP contribution in [0.3, 0.4) is 0 Å². The highest BCUT2D eigenvalue weighted by molar-refractivity contribution is 9.10. The summed E-state index contributed by atoms with van der Waals surface area (Å²) in [7, 11) is 1.80. The molecule has 0 saturated carbocycles. The molecule has 0 spiro atoms. The van der Waals surface area contributed by atoms with Crippen molar-refractivity contribution in [1.29, 1.82) is 0 Å². The molecule has 0 aliphatic rings. The maximum Gasteiger partial charge on any atom is 0.232 e. The second kappa shape index (κ2) is 5.38. The minimum Gasteiger partial charge on any atom is -0.438 e. The van der Waals surface area contributed by atoms with Crippen LogP contribution in [-0.4, -0.2) is 17.0 Å². The molecule has 0 aliphatic heterocycles. The summed E-state index contributed by atoms with van der Waals surface area (Å²) < 4.78 is 6.91. The third-order valence-electron chi connectivity index (χ3n) is 2.73. The number of anilines is 1. The lowest BCUT2D eigenvalue weighted by atomic mass is 10.3. The van der Waals surface area contributed by atoms with Gasteiger partial charge in [-0.15, -0.1) is 11.3 Å². The Balaban J connectivity index is 2.06. The zero-order valence-electron chi connectivity index (χ0n) is 11.0. The van der Waals surface area contributed by atoms with E-state index in [0.29, 0.717) is 11.8 Å². The van der Waals surface area contributed by atoms with Crippen molar-refractivity contribution in [1.82, 2.24) is 9.97 Å². The number of ether oxygens (including phenoxy) is 1. The van der Waals surface area contributed by atoms with Gasteiger partial charge in [0, 0.05) is 16.4 Å². The van der Waals surface area contributed by atoms with E-state index in [1.807, 2.05) is 30.3 Å². The molecule has 0 fully saturated rings. The Labute approximate surface area is 129 Å². The fraction of sp³-hybridized carbons (Fsp3) is 0.143. The molecular formula is C14H12BrN3OS. The fourth-order valence-corrected chi connectivity index (χ4v) is 2.95. The van der Waals surface area contributed by atoms with E-state index in [2.05, 4.69) is 38.1 Å². The van der Waals surface area contributed by atoms with Crippen molar-refractivity contribution < 1.29 is 4.74 Å². The normalized spacial score (nSPS) is 10.8. The molecule has 0 bridgehead atoms. The topological polar surface area (TPSA) is 47.0 Å². The van der Waals surface area contributed by atoms with Gasteiger partial charge < -0.3 is 10.1 Å². The van der Waals surface area contributed by atoms with E-state index < -0.39 is 0 Å². The van der Waals surface area contributed by atoms with Gasteiger partial charge in [0.1, 0.15) is 10.6 Å². The molecule has 2 aromatic heterocycles. The van der Waals surface area contributed by atoms with Gasteiger partial charge in [-0.25, -0.2) is 4.98 Å². The van der Waals surface area contributed by atoms with Crippen molar-refractivity contribution in [2.75, 3.05) is 12.4 Å². The number of fused-ring (bicyclic) bond motifs is 1. The summed E-state index contributed by atoms with van der Waals surface area (Å²) in [5.41, 5.74) is 0. The van der Waals surface area contributed by atoms with E-state index in [0.717, 1.165) is 20.4 Å². The number of halogens is 1. The SMILES string of the molecule is CNc1nc(Oc2ccc(Br)cc2)c2cc(C)sc2n1. The molecule has 102 valence electrons. The quantitative estimate of drug-likeness (QED) is 0.750. The van der Waals surface area contributed by atoms with Crippen LogP contribution in [-0.2, 0) is 0 Å². The highest BCUT2D eigenvalue weighted by Crippen LogP contribution is 2.33. The van der Waals surface area contributed by atoms with E-state index in [1.54, 1.807) is 18.4 Å². The molecule has 0 aliphatic carbocycles. The lowest BCUT2D eigenvalue weighted by molar-refractivity contribution is 0.469. The predicted molar refractivity (Wildman–Crippen MR) is 85.9 cm³/mol. The Morgan fingerprint density at radius 1 is 1.20 bits per heavy atom. The molecule has 0 atom stereocenters. The molecule has 0 unspecified atom stereocenters. The molecule has 0 amide bonds. The summed E-state index contributed by atoms with van der Waals surface area (Å²) in [6.45, 7) is 2.05. The molecule has 3 rings (SSSR count). The van der Waals surface area contributed by atoms with Crippen LogP contribution in [0.15, 0.2) is 34.8 Å². The van der Waals surface area contributed by atoms with E-state index in [1.165, 1.54) is 4.88 Å². The maximum atomic E-state index is 5.90. The van der Waals surface area contributed by atoms with Gasteiger partial charge >= 0.3 is 0 Å². The van der Waals surface area contributed by atoms with Crippen LogP contribution >= 0.6 is 27.3 Å². The Bertz CT molecular complexity index is 755. The van der Waals surface area contributed by atoms with Crippen LogP contribution in [0.1, 0.15) is 4.88 Å². The highest BCUT2D eigenvalue weighted by atomic mass is 79.9. The minimum absolute atomic E-state index is 0.562. The van der Waals surface area contributed by atoms with Crippen molar-refractivity contribution in [2.45, 2.75) is 6.92 Å². The molecule has 1 N–H and O–H groups in total. The predicted octanol–water partition coefficient (Wildman–Crippen LogP) is 4.60. The summed E-state index contributed by atoms with van der Waals surface area (Å²) >= 11 is 5.04. The standard InChI is InChI=1S/C14H12BrN3OS/c1-8-7-11-12(17-14(16-2)18-13(11)20-8)19-10-5-3-9(15)4-6-10/h3-7H,1-2H3,(H,16,17,18). The summed E-state index contributed by atoms with van der Waals surface area (Å²) in [6, 6.07) is 9.72. The van der Waals surface area contributed by atoms with Gasteiger partial charge in [0.05, 0.1) is 5.39 Å². The number of benzene rings is 1. The molecular weight excluding hydrogens is 338 g/mol. The first kappa shape index (κ1) is 13.3. The first-order valence-corrected chi connectivity index (χ1v) is 7.66. The average Bonchev–Trinajstić information content (AvgIpc) is 2.81. The largest absolute Gasteiger partial charge is 0.438 e. The van der Waals surface area contributed by atoms with Gasteiger partial charge in [-0.05, 0) is 37.3 Å². The van der Waals surface area contributed by atoms with Gasteiger partial charge in [0.2, 0.25) is 11.8 Å². The molecule has 4 nitrogen and oxygen atoms in total. The Kier molecular flexibility index (Phi) is 3.58. The molecule has 20 heavy (non-hydrogen) atoms. The van der Waals surface area contributed by atoms with Crippen LogP contribution in [0.4, 0.5) is 5.95 Å². The number of thiophene rings is 1. The van der Waals surface area contributed by atoms with Crippen molar-refractivity contribution >= 4 is 43.4 Å². The fourth-order valence-electron chi connectivity index (χ4n) is 1.82. The van der Waals surface area contributed by atoms with E-state index >= 15 is 0 Å². The number of nitrogens with zero attached hydrogens (tertiary/aromatic N) is 2. The van der Waals surface area contributed by atoms with E-state index in [-0.39, 0.29) is 0 Å². The third kappa shape index (κ3) is 2.62. The average molecular weight is 350 g/mol. The zero-order chi connectivity index (χ0) is 14.1. The Morgan fingerprint density at radius 3 is 2.65 bits per heavy atom. The first-order valence-electron chi connectivity index (χ1n) is 6.05. The van der Waals surface area contributed by atoms with Crippen molar-refractivity contribution in [2.24, 2.45) is 0 Å². The van der Waals surface area contributed by atoms with Crippen LogP contribution in [0, 0.1) is 6.92 Å². The molecule has 3 aromatic rings. The van der Waals surface area contributed by atoms with Crippen LogP contribution < -0.4 is 10.1 Å². The molecule has 0 saturated heterocycles. The lowest BCUT2D eigenvalue weighted by Crippen LogP contribution is -1.98. The van der Waals surface area contributed by atoms with Crippen molar-refractivity contribution in [3.8, 4) is 11.6 Å². The molecule has 6 heteroatoms. The lowest BCUT2D eigenvalue weighted by Gasteiger charge is -2.07. The first-order chi connectivity index (χ1) is 9.65. The number of nitrogens with one attached hydrogen (secondary N) is 1. The van der Waals surface area contributed by atoms with E-state index in [9.17, 15) is 0 Å². The van der Waals surface area contributed by atoms with Crippen molar-refractivity contribution in [3.05, 3.63) is 39.7 Å². The minimum atomic E-state index is 0.562. The second-order valence-electron chi connectivity index (χ2n) is 4.23. The summed E-state index contributed by atoms with van der Waals surface area (Å²) in [4.78, 5) is 10.9. The summed E-state index contributed by atoms with van der Waals surface area (Å²) in [6.07, 6.45) is 0. The van der Waals surface area contributed by atoms with Gasteiger partial charge in [-0.2, -0.15) is 4.98 Å². The van der Waals surface area contributed by atoms with Gasteiger partial charge in [-0.1, -0.05) is 15.9 Å². The smallest absolute Gasteiger partial charge is 0.232 e. The monoisotopic (exact) mass is 349 g/mol. The summed E-state index contributed by atoms with van der Waals surface area (Å²) in [5.74, 6) is 1.89. The summed E-state index contributed by atoms with van der Waals surface area (Å²) in [5, 5.41) is 3.90. The van der Waals surface area contributed by atoms with Crippen molar-refractivity contribution in [3.63, 3.8) is 0 Å². The molecule has 2 heterocycles. The number of aryl methyl sites for hydroxylation is 1. The van der Waals surface area contributed by atoms with Crippen LogP contribution in [0.5, 0.6) is 11.6 Å². The molecule has 1 aromatic carbocycles. The van der Waals surface area contributed by atoms with Crippen LogP contribution in [0.25, 0.3) is 10.2 Å². The van der Waals surface area contributed by atoms with E-state index in [4.69, 9.17) is 4.74 Å².